The van der Waals surface area contributed by atoms with Crippen LogP contribution < -0.4 is 63.0 Å². The number of rotatable bonds is 23. The number of nitrogens with zero attached hydrogens (tertiary/aromatic N) is 23. The van der Waals surface area contributed by atoms with E-state index in [0.29, 0.717) is 57.2 Å². The second-order valence-corrected chi connectivity index (χ2v) is 36.0. The molecule has 11 aromatic rings. The van der Waals surface area contributed by atoms with Gasteiger partial charge in [-0.05, 0) is 136 Å². The highest BCUT2D eigenvalue weighted by Crippen LogP contribution is 2.44. The smallest absolute Gasteiger partial charge is 0.335 e. The van der Waals surface area contributed by atoms with E-state index in [1.54, 1.807) is 147 Å². The van der Waals surface area contributed by atoms with Crippen molar-refractivity contribution in [2.45, 2.75) is 157 Å². The van der Waals surface area contributed by atoms with E-state index in [2.05, 4.69) is 92.2 Å². The summed E-state index contributed by atoms with van der Waals surface area (Å²) in [4.78, 5) is 99.1. The van der Waals surface area contributed by atoms with Gasteiger partial charge in [0.15, 0.2) is 46.0 Å². The van der Waals surface area contributed by atoms with Gasteiger partial charge in [0.1, 0.15) is 47.1 Å². The van der Waals surface area contributed by atoms with Crippen LogP contribution in [0.15, 0.2) is 147 Å². The molecule has 11 N–H and O–H groups in total. The number of aromatic nitrogens is 16. The van der Waals surface area contributed by atoms with Gasteiger partial charge < -0.3 is 72.8 Å². The Morgan fingerprint density at radius 1 is 0.442 bits per heavy atom. The molecule has 46 heteroatoms. The number of nitrogens with one attached hydrogen (secondary N) is 6. The van der Waals surface area contributed by atoms with Gasteiger partial charge in [-0.25, -0.2) is 79.8 Å². The van der Waals surface area contributed by atoms with Crippen molar-refractivity contribution in [2.24, 2.45) is 45.6 Å². The SMILES string of the molecule is Cn1cc(Nc2nc(N3CC(CC(=O)OC(C)(C)C)CC(F)(F)C3)cnc2C#N)cn1.Cn1cc(Nc2nc(N3CC(N)CC(F)(F)C3)cnc2C#N)cn1.Cn1cc(Nc2nc(N3CC(NC(=O)c4ccc(C5CC5)cc4)CC(F)(F)C3)cnc2C#N)cn1.Cn1cc(Nc2nc(N3CC(NC(=O)c4ccc(C5CC5)cc4)CC(F)(F)C3)cnc2C(N)=O)cn1.O=C(O)c1ccc(C2CC2)cc1. The third kappa shape index (κ3) is 27.4. The highest BCUT2D eigenvalue weighted by molar-refractivity contribution is 5.97. The molecule has 0 bridgehead atoms. The van der Waals surface area contributed by atoms with Gasteiger partial charge >= 0.3 is 11.9 Å². The molecular weight excluding hydrogens is 1800 g/mol. The molecule has 7 fully saturated rings. The zero-order chi connectivity index (χ0) is 98.7. The van der Waals surface area contributed by atoms with E-state index in [9.17, 15) is 69.6 Å². The van der Waals surface area contributed by atoms with Gasteiger partial charge in [-0.15, -0.1) is 0 Å². The minimum Gasteiger partial charge on any atom is -0.478 e. The average molecular weight is 1910 g/mol. The van der Waals surface area contributed by atoms with Gasteiger partial charge in [-0.2, -0.15) is 36.2 Å². The van der Waals surface area contributed by atoms with E-state index in [4.69, 9.17) is 26.6 Å². The Morgan fingerprint density at radius 2 is 0.754 bits per heavy atom. The molecule has 4 saturated heterocycles. The van der Waals surface area contributed by atoms with Crippen LogP contribution in [0.4, 0.5) is 104 Å². The van der Waals surface area contributed by atoms with Crippen LogP contribution in [-0.2, 0) is 37.7 Å². The summed E-state index contributed by atoms with van der Waals surface area (Å²) >= 11 is 0. The Labute approximate surface area is 786 Å². The number of hydrogen-bond donors (Lipinski definition) is 9. The predicted molar refractivity (Wildman–Crippen MR) is 491 cm³/mol. The molecule has 138 heavy (non-hydrogen) atoms. The minimum absolute atomic E-state index is 0.0261. The summed E-state index contributed by atoms with van der Waals surface area (Å²) in [6, 6.07) is 25.4. The molecule has 4 unspecified atom stereocenters. The molecule has 3 aliphatic carbocycles. The average Bonchev–Trinajstić information content (AvgIpc) is 1.73. The highest BCUT2D eigenvalue weighted by atomic mass is 19.3. The highest BCUT2D eigenvalue weighted by Gasteiger charge is 2.46. The number of carbonyl (C=O) groups excluding carboxylic acids is 4. The number of hydrogen-bond acceptors (Lipinski definition) is 30. The van der Waals surface area contributed by atoms with Crippen molar-refractivity contribution in [3.8, 4) is 18.2 Å². The number of nitrogens with two attached hydrogens (primary N) is 2. The lowest BCUT2D eigenvalue weighted by molar-refractivity contribution is -0.156. The predicted octanol–water partition coefficient (Wildman–Crippen LogP) is 12.2. The summed E-state index contributed by atoms with van der Waals surface area (Å²) in [7, 11) is 6.94. The van der Waals surface area contributed by atoms with Crippen molar-refractivity contribution in [3.05, 3.63) is 203 Å². The van der Waals surface area contributed by atoms with Crippen molar-refractivity contribution in [3.63, 3.8) is 0 Å². The summed E-state index contributed by atoms with van der Waals surface area (Å²) < 4.78 is 127. The monoisotopic (exact) mass is 1900 g/mol. The molecule has 3 amide bonds. The van der Waals surface area contributed by atoms with Crippen LogP contribution in [0.2, 0.25) is 0 Å². The first kappa shape index (κ1) is 98.4. The Kier molecular flexibility index (Phi) is 29.8. The minimum atomic E-state index is -3.08. The van der Waals surface area contributed by atoms with Crippen molar-refractivity contribution in [1.29, 1.82) is 15.8 Å². The van der Waals surface area contributed by atoms with E-state index < -0.39 is 123 Å². The third-order valence-electron chi connectivity index (χ3n) is 22.7. The fourth-order valence-corrected chi connectivity index (χ4v) is 16.1. The number of carbonyl (C=O) groups is 5. The van der Waals surface area contributed by atoms with Crippen LogP contribution in [0.25, 0.3) is 0 Å². The first-order valence-electron chi connectivity index (χ1n) is 44.2. The van der Waals surface area contributed by atoms with Gasteiger partial charge in [0, 0.05) is 122 Å². The van der Waals surface area contributed by atoms with Gasteiger partial charge in [-0.3, -0.25) is 37.9 Å². The quantitative estimate of drug-likeness (QED) is 0.0212. The third-order valence-corrected chi connectivity index (χ3v) is 22.7. The fourth-order valence-electron chi connectivity index (χ4n) is 16.1. The van der Waals surface area contributed by atoms with Crippen LogP contribution >= 0.6 is 0 Å². The normalized spacial score (nSPS) is 18.8. The second kappa shape index (κ2) is 41.7. The Hall–Kier alpha value is -15.6. The number of benzene rings is 3. The molecule has 0 spiro atoms. The number of carboxylic acid groups (broad SMARTS) is 1. The van der Waals surface area contributed by atoms with Crippen LogP contribution in [0.5, 0.6) is 0 Å². The van der Waals surface area contributed by atoms with Gasteiger partial charge in [0.05, 0.1) is 123 Å². The maximum atomic E-state index is 14.7. The van der Waals surface area contributed by atoms with E-state index in [1.807, 2.05) is 54.6 Å². The van der Waals surface area contributed by atoms with Gasteiger partial charge in [-0.1, -0.05) is 36.4 Å². The number of esters is 1. The Morgan fingerprint density at radius 3 is 1.07 bits per heavy atom. The fraction of sp³-hybridized carbons (Fsp3) is 0.413. The molecule has 8 aromatic heterocycles. The van der Waals surface area contributed by atoms with Crippen molar-refractivity contribution in [2.75, 3.05) is 93.2 Å². The zero-order valence-electron chi connectivity index (χ0n) is 76.2. The number of anilines is 12. The van der Waals surface area contributed by atoms with Crippen LogP contribution in [0.1, 0.15) is 184 Å². The maximum Gasteiger partial charge on any atom is 0.335 e. The maximum absolute atomic E-state index is 14.7. The number of primary amides is 1. The van der Waals surface area contributed by atoms with Crippen LogP contribution in [-0.4, -0.2) is 214 Å². The number of aryl methyl sites for hydroxylation is 4. The number of carboxylic acids is 1. The molecule has 4 aliphatic heterocycles. The number of halogens is 8. The van der Waals surface area contributed by atoms with E-state index in [0.717, 1.165) is 25.7 Å². The summed E-state index contributed by atoms with van der Waals surface area (Å²) in [6.07, 6.45) is 23.3. The Balaban J connectivity index is 0.000000142. The molecule has 7 aliphatic rings. The summed E-state index contributed by atoms with van der Waals surface area (Å²) in [5.74, 6) is -12.5. The van der Waals surface area contributed by atoms with E-state index in [1.165, 1.54) is 80.1 Å². The summed E-state index contributed by atoms with van der Waals surface area (Å²) in [5, 5.41) is 69.9. The Bertz CT molecular complexity index is 6340. The molecule has 12 heterocycles. The first-order valence-corrected chi connectivity index (χ1v) is 44.2. The molecule has 3 saturated carbocycles. The molecular formula is C92H101F8N31O7. The molecule has 0 radical (unpaired) electrons. The number of amides is 3. The van der Waals surface area contributed by atoms with Gasteiger partial charge in [0.25, 0.3) is 41.4 Å². The number of piperidine rings is 4. The number of nitriles is 3. The summed E-state index contributed by atoms with van der Waals surface area (Å²) in [6.45, 7) is 3.67. The molecule has 4 atom stereocenters. The molecule has 3 aromatic carbocycles. The molecule has 722 valence electrons. The first-order chi connectivity index (χ1) is 65.5. The zero-order valence-corrected chi connectivity index (χ0v) is 76.2. The largest absolute Gasteiger partial charge is 0.478 e. The van der Waals surface area contributed by atoms with Crippen molar-refractivity contribution in [1.82, 2.24) is 89.6 Å². The van der Waals surface area contributed by atoms with Crippen LogP contribution in [0, 0.1) is 39.9 Å². The lowest BCUT2D eigenvalue weighted by Gasteiger charge is -2.38. The number of ether oxygens (including phenoxy) is 1. The molecule has 18 rings (SSSR count). The lowest BCUT2D eigenvalue weighted by atomic mass is 9.92. The van der Waals surface area contributed by atoms with Crippen LogP contribution in [0.3, 0.4) is 0 Å². The van der Waals surface area contributed by atoms with E-state index in [-0.39, 0.29) is 114 Å². The standard InChI is InChI=1S/C24H26F2N8O2.C24H24F2N8O.C20H25F2N7O2.C14H16F2N8.C10H10O2/c1-33-11-18(9-29-33)30-22-20(21(27)35)28-10-19(32-22)34-12-17(8-24(25,26)13-34)31-23(36)16-6-4-15(5-7-16)14-2-3-14;1-33-12-19(10-29-33)30-22-20(9-27)28-11-21(32-22)34-13-18(8-24(25,26)14-34)31-23(35)17-6-4-16(5-7-17)15-2-3-15;1-19(2,3)31-17(30)5-13-6-20(21,22)12-29(10-13)16-9-24-15(7-23)18(27-16)26-14-8-25-28(4)11-14;1-23-7-10(4-20-23)21-13-11(3-17)19-5-12(22-13)24-6-9(18)2-14(15,16)8-24;11-10(12)9-5-3-8(4-6-9)7-1-2-7/h4-7,9-11,14,17H,2-3,8,12-13H2,1H3,(H2,27,35)(H,30,32)(H,31,36);4-7,10-12,15,18H,2-3,8,13-14H2,1H3,(H,30,32)(H,31,35);8-9,11,13H,5-6,10,12H2,1-4H3,(H,26,27);4-5,7,9H,2,6,8,18H2,1H3,(H,21,22);3-7H,1-2H2,(H,11,12). The van der Waals surface area contributed by atoms with Crippen molar-refractivity contribution < 1.29 is 68.9 Å². The second-order valence-electron chi connectivity index (χ2n) is 36.0. The lowest BCUT2D eigenvalue weighted by Crippen LogP contribution is -2.55. The van der Waals surface area contributed by atoms with Gasteiger partial charge in [0.2, 0.25) is 0 Å². The summed E-state index contributed by atoms with van der Waals surface area (Å²) in [5.41, 5.74) is 17.6. The number of aromatic carboxylic acids is 1. The molecule has 38 nitrogen and oxygen atoms in total. The van der Waals surface area contributed by atoms with Crippen molar-refractivity contribution >= 4 is 99.0 Å². The topological polar surface area (TPSA) is 498 Å². The number of alkyl halides is 8. The van der Waals surface area contributed by atoms with E-state index >= 15 is 0 Å².